The summed E-state index contributed by atoms with van der Waals surface area (Å²) in [5, 5.41) is 0. The molecule has 2 heterocycles. The minimum atomic E-state index is 0.151. The van der Waals surface area contributed by atoms with Crippen LogP contribution in [-0.4, -0.2) is 9.38 Å². The molecule has 0 bridgehead atoms. The zero-order chi connectivity index (χ0) is 19.7. The molecule has 28 heavy (non-hydrogen) atoms. The summed E-state index contributed by atoms with van der Waals surface area (Å²) in [5.74, 6) is 0.762. The fourth-order valence-corrected chi connectivity index (χ4v) is 3.20. The van der Waals surface area contributed by atoms with Gasteiger partial charge in [0.1, 0.15) is 6.61 Å². The monoisotopic (exact) mass is 371 g/mol. The summed E-state index contributed by atoms with van der Waals surface area (Å²) >= 11 is 0. The molecule has 0 fully saturated rings. The number of pyridine rings is 1. The molecule has 0 saturated carbocycles. The first kappa shape index (κ1) is 18.1. The van der Waals surface area contributed by atoms with Crippen molar-refractivity contribution in [3.05, 3.63) is 84.2 Å². The van der Waals surface area contributed by atoms with E-state index >= 15 is 0 Å². The molecule has 2 aromatic carbocycles. The summed E-state index contributed by atoms with van der Waals surface area (Å²) in [7, 11) is 0. The number of hydrogen-bond donors (Lipinski definition) is 1. The van der Waals surface area contributed by atoms with Gasteiger partial charge in [-0.2, -0.15) is 0 Å². The van der Waals surface area contributed by atoms with Crippen molar-refractivity contribution in [1.82, 2.24) is 9.38 Å². The minimum Gasteiger partial charge on any atom is -0.485 e. The third-order valence-electron chi connectivity index (χ3n) is 4.84. The van der Waals surface area contributed by atoms with Crippen LogP contribution >= 0.6 is 0 Å². The molecular weight excluding hydrogens is 346 g/mol. The first-order valence-electron chi connectivity index (χ1n) is 9.46. The Kier molecular flexibility index (Phi) is 4.55. The molecule has 4 aromatic rings. The number of nitrogen functional groups attached to an aromatic ring is 1. The van der Waals surface area contributed by atoms with Crippen LogP contribution in [0.4, 0.5) is 5.69 Å². The topological polar surface area (TPSA) is 52.5 Å². The zero-order valence-corrected chi connectivity index (χ0v) is 16.5. The van der Waals surface area contributed by atoms with Crippen molar-refractivity contribution >= 4 is 11.3 Å². The highest BCUT2D eigenvalue weighted by molar-refractivity contribution is 5.68. The number of nitrogens with two attached hydrogens (primary N) is 1. The predicted molar refractivity (Wildman–Crippen MR) is 115 cm³/mol. The Morgan fingerprint density at radius 1 is 1.00 bits per heavy atom. The van der Waals surface area contributed by atoms with E-state index in [4.69, 9.17) is 15.5 Å². The summed E-state index contributed by atoms with van der Waals surface area (Å²) in [4.78, 5) is 4.77. The van der Waals surface area contributed by atoms with Crippen LogP contribution in [0.3, 0.4) is 0 Å². The predicted octanol–water partition coefficient (Wildman–Crippen LogP) is 5.46. The molecule has 0 spiro atoms. The fraction of sp³-hybridized carbons (Fsp3) is 0.208. The number of aromatic nitrogens is 2. The molecule has 2 aromatic heterocycles. The van der Waals surface area contributed by atoms with Gasteiger partial charge in [0, 0.05) is 23.6 Å². The number of rotatable bonds is 4. The highest BCUT2D eigenvalue weighted by Crippen LogP contribution is 2.27. The van der Waals surface area contributed by atoms with Gasteiger partial charge in [-0.15, -0.1) is 0 Å². The minimum absolute atomic E-state index is 0.151. The second-order valence-corrected chi connectivity index (χ2v) is 8.09. The number of benzene rings is 2. The summed E-state index contributed by atoms with van der Waals surface area (Å²) < 4.78 is 8.08. The third kappa shape index (κ3) is 3.72. The molecule has 0 aliphatic rings. The SMILES string of the molecule is CC(C)(C)c1ccc(COc2cccn3cc(-c4cccc(N)c4)nc23)cc1. The standard InChI is InChI=1S/C24H25N3O/c1-24(2,3)19-11-9-17(10-12-19)16-28-22-8-5-13-27-15-21(26-23(22)27)18-6-4-7-20(25)14-18/h4-15H,16,25H2,1-3H3. The van der Waals surface area contributed by atoms with Crippen molar-refractivity contribution in [2.45, 2.75) is 32.8 Å². The largest absolute Gasteiger partial charge is 0.485 e. The molecule has 4 rings (SSSR count). The molecule has 4 heteroatoms. The number of imidazole rings is 1. The van der Waals surface area contributed by atoms with E-state index in [9.17, 15) is 0 Å². The Balaban J connectivity index is 1.57. The number of anilines is 1. The van der Waals surface area contributed by atoms with E-state index in [-0.39, 0.29) is 5.41 Å². The molecule has 0 saturated heterocycles. The van der Waals surface area contributed by atoms with Gasteiger partial charge in [0.05, 0.1) is 5.69 Å². The molecule has 0 atom stereocenters. The van der Waals surface area contributed by atoms with Gasteiger partial charge in [0.15, 0.2) is 11.4 Å². The molecule has 0 unspecified atom stereocenters. The van der Waals surface area contributed by atoms with E-state index in [1.807, 2.05) is 53.2 Å². The van der Waals surface area contributed by atoms with E-state index in [1.165, 1.54) is 5.56 Å². The van der Waals surface area contributed by atoms with Gasteiger partial charge in [-0.25, -0.2) is 4.98 Å². The maximum absolute atomic E-state index is 6.10. The lowest BCUT2D eigenvalue weighted by Crippen LogP contribution is -2.10. The Hall–Kier alpha value is -3.27. The lowest BCUT2D eigenvalue weighted by atomic mass is 9.87. The van der Waals surface area contributed by atoms with Gasteiger partial charge in [-0.3, -0.25) is 0 Å². The van der Waals surface area contributed by atoms with Crippen LogP contribution < -0.4 is 10.5 Å². The average molecular weight is 371 g/mol. The summed E-state index contributed by atoms with van der Waals surface area (Å²) in [6.07, 6.45) is 3.97. The van der Waals surface area contributed by atoms with Crippen LogP contribution in [0.5, 0.6) is 5.75 Å². The normalized spacial score (nSPS) is 11.7. The van der Waals surface area contributed by atoms with Gasteiger partial charge in [-0.1, -0.05) is 57.2 Å². The average Bonchev–Trinajstić information content (AvgIpc) is 3.11. The van der Waals surface area contributed by atoms with Crippen molar-refractivity contribution in [1.29, 1.82) is 0 Å². The summed E-state index contributed by atoms with van der Waals surface area (Å²) in [6.45, 7) is 7.16. The van der Waals surface area contributed by atoms with E-state index in [0.29, 0.717) is 6.61 Å². The zero-order valence-electron chi connectivity index (χ0n) is 16.5. The van der Waals surface area contributed by atoms with Gasteiger partial charge in [0.2, 0.25) is 0 Å². The van der Waals surface area contributed by atoms with E-state index in [0.717, 1.165) is 33.9 Å². The molecule has 2 N–H and O–H groups in total. The number of hydrogen-bond acceptors (Lipinski definition) is 3. The number of nitrogens with zero attached hydrogens (tertiary/aromatic N) is 2. The molecule has 0 radical (unpaired) electrons. The molecule has 0 aliphatic heterocycles. The van der Waals surface area contributed by atoms with Crippen LogP contribution in [0.2, 0.25) is 0 Å². The molecule has 0 amide bonds. The molecule has 4 nitrogen and oxygen atoms in total. The number of fused-ring (bicyclic) bond motifs is 1. The summed E-state index contributed by atoms with van der Waals surface area (Å²) in [5.41, 5.74) is 11.9. The Bertz CT molecular complexity index is 1100. The first-order chi connectivity index (χ1) is 13.4. The van der Waals surface area contributed by atoms with E-state index < -0.39 is 0 Å². The van der Waals surface area contributed by atoms with Gasteiger partial charge < -0.3 is 14.9 Å². The van der Waals surface area contributed by atoms with E-state index in [2.05, 4.69) is 45.0 Å². The van der Waals surface area contributed by atoms with Gasteiger partial charge in [0.25, 0.3) is 0 Å². The Morgan fingerprint density at radius 2 is 1.79 bits per heavy atom. The maximum atomic E-state index is 6.10. The van der Waals surface area contributed by atoms with Crippen LogP contribution in [-0.2, 0) is 12.0 Å². The molecule has 0 aliphatic carbocycles. The van der Waals surface area contributed by atoms with Crippen LogP contribution in [0.15, 0.2) is 73.1 Å². The van der Waals surface area contributed by atoms with Crippen molar-refractivity contribution < 1.29 is 4.74 Å². The maximum Gasteiger partial charge on any atom is 0.180 e. The van der Waals surface area contributed by atoms with Gasteiger partial charge >= 0.3 is 0 Å². The lowest BCUT2D eigenvalue weighted by Gasteiger charge is -2.19. The molecular formula is C24H25N3O. The second kappa shape index (κ2) is 7.04. The number of ether oxygens (including phenoxy) is 1. The molecule has 142 valence electrons. The van der Waals surface area contributed by atoms with Crippen molar-refractivity contribution in [2.75, 3.05) is 5.73 Å². The summed E-state index contributed by atoms with van der Waals surface area (Å²) in [6, 6.07) is 20.3. The van der Waals surface area contributed by atoms with Gasteiger partial charge in [-0.05, 0) is 40.8 Å². The smallest absolute Gasteiger partial charge is 0.180 e. The lowest BCUT2D eigenvalue weighted by molar-refractivity contribution is 0.308. The van der Waals surface area contributed by atoms with Crippen molar-refractivity contribution in [3.8, 4) is 17.0 Å². The highest BCUT2D eigenvalue weighted by atomic mass is 16.5. The second-order valence-electron chi connectivity index (χ2n) is 8.09. The van der Waals surface area contributed by atoms with E-state index in [1.54, 1.807) is 0 Å². The third-order valence-corrected chi connectivity index (χ3v) is 4.84. The van der Waals surface area contributed by atoms with Crippen LogP contribution in [0.1, 0.15) is 31.9 Å². The van der Waals surface area contributed by atoms with Crippen molar-refractivity contribution in [3.63, 3.8) is 0 Å². The Labute approximate surface area is 165 Å². The first-order valence-corrected chi connectivity index (χ1v) is 9.46. The quantitative estimate of drug-likeness (QED) is 0.485. The highest BCUT2D eigenvalue weighted by Gasteiger charge is 2.13. The van der Waals surface area contributed by atoms with Crippen LogP contribution in [0.25, 0.3) is 16.9 Å². The van der Waals surface area contributed by atoms with Crippen molar-refractivity contribution in [2.24, 2.45) is 0 Å². The van der Waals surface area contributed by atoms with Crippen LogP contribution in [0, 0.1) is 0 Å². The fourth-order valence-electron chi connectivity index (χ4n) is 3.20. The Morgan fingerprint density at radius 3 is 2.50 bits per heavy atom.